The molecule has 0 fully saturated rings. The van der Waals surface area contributed by atoms with Crippen LogP contribution in [0.2, 0.25) is 0 Å². The molecule has 0 heterocycles. The minimum absolute atomic E-state index is 0.0598. The summed E-state index contributed by atoms with van der Waals surface area (Å²) in [4.78, 5) is 27.0. The Morgan fingerprint density at radius 3 is 1.90 bits per heavy atom. The monoisotopic (exact) mass is 148 g/mol. The van der Waals surface area contributed by atoms with Gasteiger partial charge < -0.3 is 9.68 Å². The zero-order valence-electron chi connectivity index (χ0n) is 5.52. The first-order valence-electron chi connectivity index (χ1n) is 2.70. The average molecular weight is 148 g/mol. The Labute approximate surface area is 57.4 Å². The summed E-state index contributed by atoms with van der Waals surface area (Å²) in [5.74, 6) is -0.0598. The second kappa shape index (κ2) is 5.93. The molecule has 0 saturated carbocycles. The summed E-state index contributed by atoms with van der Waals surface area (Å²) in [6.45, 7) is 2.01. The van der Waals surface area contributed by atoms with Crippen molar-refractivity contribution in [2.45, 2.75) is 6.92 Å². The molecule has 0 saturated heterocycles. The molecule has 58 valence electrons. The molecular weight excluding hydrogens is 140 g/mol. The zero-order valence-corrected chi connectivity index (χ0v) is 5.52. The Hall–Kier alpha value is -1.20. The van der Waals surface area contributed by atoms with E-state index in [0.717, 1.165) is 0 Å². The fourth-order valence-corrected chi connectivity index (χ4v) is 0.363. The molecule has 0 amide bonds. The molecule has 0 spiro atoms. The summed E-state index contributed by atoms with van der Waals surface area (Å²) < 4.78 is 0. The molecule has 6 heteroatoms. The third-order valence-corrected chi connectivity index (χ3v) is 0.824. The van der Waals surface area contributed by atoms with Crippen LogP contribution in [0, 0.1) is 15.7 Å². The second-order valence-electron chi connectivity index (χ2n) is 1.85. The lowest BCUT2D eigenvalue weighted by Crippen LogP contribution is -2.08. The maximum Gasteiger partial charge on any atom is 0.155 e. The van der Waals surface area contributed by atoms with Crippen molar-refractivity contribution in [2.24, 2.45) is 16.6 Å². The van der Waals surface area contributed by atoms with Crippen LogP contribution in [0.25, 0.3) is 0 Å². The summed E-state index contributed by atoms with van der Waals surface area (Å²) >= 11 is 0. The van der Waals surface area contributed by atoms with Crippen LogP contribution < -0.4 is 0 Å². The van der Waals surface area contributed by atoms with Gasteiger partial charge in [-0.15, -0.1) is 9.81 Å². The SMILES string of the molecule is CC(CON=O)CON=O. The summed E-state index contributed by atoms with van der Waals surface area (Å²) in [7, 11) is 0. The van der Waals surface area contributed by atoms with E-state index in [-0.39, 0.29) is 19.1 Å². The highest BCUT2D eigenvalue weighted by Crippen LogP contribution is 1.96. The van der Waals surface area contributed by atoms with E-state index in [1.165, 1.54) is 0 Å². The van der Waals surface area contributed by atoms with Gasteiger partial charge in [-0.3, -0.25) is 0 Å². The molecule has 10 heavy (non-hydrogen) atoms. The highest BCUT2D eigenvalue weighted by Gasteiger charge is 2.02. The molecule has 0 radical (unpaired) electrons. The fraction of sp³-hybridized carbons (Fsp3) is 1.00. The molecule has 0 rings (SSSR count). The van der Waals surface area contributed by atoms with Gasteiger partial charge in [0.2, 0.25) is 0 Å². The van der Waals surface area contributed by atoms with E-state index in [2.05, 4.69) is 20.4 Å². The third kappa shape index (κ3) is 4.95. The van der Waals surface area contributed by atoms with E-state index < -0.39 is 0 Å². The van der Waals surface area contributed by atoms with Crippen LogP contribution in [0.1, 0.15) is 6.92 Å². The minimum atomic E-state index is -0.0598. The Morgan fingerprint density at radius 1 is 1.20 bits per heavy atom. The van der Waals surface area contributed by atoms with Gasteiger partial charge in [-0.25, -0.2) is 0 Å². The van der Waals surface area contributed by atoms with Crippen molar-refractivity contribution in [3.63, 3.8) is 0 Å². The van der Waals surface area contributed by atoms with E-state index in [1.807, 2.05) is 0 Å². The molecule has 0 aliphatic rings. The molecular formula is C4H8N2O4. The molecule has 6 nitrogen and oxygen atoms in total. The van der Waals surface area contributed by atoms with E-state index in [4.69, 9.17) is 0 Å². The lowest BCUT2D eigenvalue weighted by Gasteiger charge is -2.03. The van der Waals surface area contributed by atoms with Crippen molar-refractivity contribution in [3.05, 3.63) is 9.81 Å². The van der Waals surface area contributed by atoms with Crippen molar-refractivity contribution in [2.75, 3.05) is 13.2 Å². The van der Waals surface area contributed by atoms with Gasteiger partial charge in [0, 0.05) is 5.92 Å². The van der Waals surface area contributed by atoms with Gasteiger partial charge in [0.1, 0.15) is 13.2 Å². The fourth-order valence-electron chi connectivity index (χ4n) is 0.363. The van der Waals surface area contributed by atoms with Crippen LogP contribution in [-0.4, -0.2) is 13.2 Å². The normalized spacial score (nSPS) is 9.00. The van der Waals surface area contributed by atoms with Crippen LogP contribution in [0.5, 0.6) is 0 Å². The van der Waals surface area contributed by atoms with Gasteiger partial charge in [-0.1, -0.05) is 6.92 Å². The predicted molar refractivity (Wildman–Crippen MR) is 32.7 cm³/mol. The highest BCUT2D eigenvalue weighted by molar-refractivity contribution is 4.45. The van der Waals surface area contributed by atoms with Crippen LogP contribution >= 0.6 is 0 Å². The standard InChI is InChI=1S/C4H8N2O4/c1-4(2-9-5-7)3-10-6-8/h4H,2-3H2,1H3. The van der Waals surface area contributed by atoms with Crippen molar-refractivity contribution < 1.29 is 9.68 Å². The Morgan fingerprint density at radius 2 is 1.60 bits per heavy atom. The molecule has 0 aromatic carbocycles. The first-order chi connectivity index (χ1) is 4.81. The zero-order chi connectivity index (χ0) is 7.82. The van der Waals surface area contributed by atoms with Gasteiger partial charge in [-0.05, 0) is 0 Å². The lowest BCUT2D eigenvalue weighted by molar-refractivity contribution is 0.0476. The van der Waals surface area contributed by atoms with E-state index in [9.17, 15) is 9.81 Å². The van der Waals surface area contributed by atoms with Crippen LogP contribution in [0.4, 0.5) is 0 Å². The maximum atomic E-state index is 9.38. The number of nitrogens with zero attached hydrogens (tertiary/aromatic N) is 2. The van der Waals surface area contributed by atoms with E-state index >= 15 is 0 Å². The third-order valence-electron chi connectivity index (χ3n) is 0.824. The maximum absolute atomic E-state index is 9.38. The molecule has 0 N–H and O–H groups in total. The topological polar surface area (TPSA) is 77.3 Å². The first kappa shape index (κ1) is 8.80. The van der Waals surface area contributed by atoms with Crippen molar-refractivity contribution in [1.82, 2.24) is 0 Å². The van der Waals surface area contributed by atoms with Gasteiger partial charge in [0.25, 0.3) is 0 Å². The molecule has 0 bridgehead atoms. The average Bonchev–Trinajstić information content (AvgIpc) is 1.97. The summed E-state index contributed by atoms with van der Waals surface area (Å²) in [6.07, 6.45) is 0. The molecule has 0 aliphatic carbocycles. The Kier molecular flexibility index (Phi) is 5.22. The van der Waals surface area contributed by atoms with Gasteiger partial charge in [-0.2, -0.15) is 0 Å². The molecule has 0 unspecified atom stereocenters. The summed E-state index contributed by atoms with van der Waals surface area (Å²) in [5, 5.41) is 4.34. The van der Waals surface area contributed by atoms with E-state index in [1.54, 1.807) is 6.92 Å². The number of hydrogen-bond acceptors (Lipinski definition) is 6. The smallest absolute Gasteiger partial charge is 0.155 e. The second-order valence-corrected chi connectivity index (χ2v) is 1.85. The van der Waals surface area contributed by atoms with Crippen molar-refractivity contribution in [3.8, 4) is 0 Å². The molecule has 0 atom stereocenters. The van der Waals surface area contributed by atoms with Gasteiger partial charge in [0.15, 0.2) is 10.7 Å². The summed E-state index contributed by atoms with van der Waals surface area (Å²) in [5.41, 5.74) is 0. The molecule has 0 aromatic heterocycles. The van der Waals surface area contributed by atoms with Gasteiger partial charge in [0.05, 0.1) is 0 Å². The van der Waals surface area contributed by atoms with Crippen LogP contribution in [-0.2, 0) is 9.68 Å². The summed E-state index contributed by atoms with van der Waals surface area (Å²) in [6, 6.07) is 0. The minimum Gasteiger partial charge on any atom is -0.364 e. The van der Waals surface area contributed by atoms with Gasteiger partial charge >= 0.3 is 0 Å². The Bertz CT molecular complexity index is 95.4. The predicted octanol–water partition coefficient (Wildman–Crippen LogP) is 1.02. The largest absolute Gasteiger partial charge is 0.364 e. The van der Waals surface area contributed by atoms with Crippen molar-refractivity contribution in [1.29, 1.82) is 0 Å². The van der Waals surface area contributed by atoms with Crippen LogP contribution in [0.15, 0.2) is 10.7 Å². The quantitative estimate of drug-likeness (QED) is 0.416. The van der Waals surface area contributed by atoms with Crippen LogP contribution in [0.3, 0.4) is 0 Å². The number of hydrogen-bond donors (Lipinski definition) is 0. The Balaban J connectivity index is 3.15. The lowest BCUT2D eigenvalue weighted by atomic mass is 10.2. The first-order valence-corrected chi connectivity index (χ1v) is 2.70. The molecule has 0 aliphatic heterocycles. The van der Waals surface area contributed by atoms with Crippen molar-refractivity contribution >= 4 is 0 Å². The molecule has 0 aromatic rings. The number of rotatable bonds is 6. The highest BCUT2D eigenvalue weighted by atomic mass is 16.7. The van der Waals surface area contributed by atoms with E-state index in [0.29, 0.717) is 0 Å².